The van der Waals surface area contributed by atoms with Gasteiger partial charge in [-0.05, 0) is 37.6 Å². The number of likely N-dealkylation sites (tertiary alicyclic amines) is 1. The molecule has 0 spiro atoms. The van der Waals surface area contributed by atoms with Gasteiger partial charge in [0.15, 0.2) is 0 Å². The third-order valence-electron chi connectivity index (χ3n) is 2.64. The number of hydrogen-bond donors (Lipinski definition) is 1. The van der Waals surface area contributed by atoms with Gasteiger partial charge in [0.25, 0.3) is 5.91 Å². The van der Waals surface area contributed by atoms with Gasteiger partial charge in [0.05, 0.1) is 18.7 Å². The number of hydrogen-bond acceptors (Lipinski definition) is 2. The summed E-state index contributed by atoms with van der Waals surface area (Å²) in [7, 11) is 0. The molecule has 1 fully saturated rings. The van der Waals surface area contributed by atoms with Gasteiger partial charge < -0.3 is 10.0 Å². The highest BCUT2D eigenvalue weighted by molar-refractivity contribution is 5.95. The predicted octanol–water partition coefficient (Wildman–Crippen LogP) is 1.34. The van der Waals surface area contributed by atoms with Crippen molar-refractivity contribution in [1.29, 1.82) is 0 Å². The predicted molar refractivity (Wildman–Crippen MR) is 57.7 cm³/mol. The summed E-state index contributed by atoms with van der Waals surface area (Å²) in [6.45, 7) is 4.03. The SMILES string of the molecule is Cc1cc(F)cc(C(=O)N2CC(C)(O)C2)c1. The largest absolute Gasteiger partial charge is 0.386 e. The molecule has 1 aromatic rings. The molecule has 16 heavy (non-hydrogen) atoms. The quantitative estimate of drug-likeness (QED) is 0.780. The first-order chi connectivity index (χ1) is 7.37. The Morgan fingerprint density at radius 3 is 2.56 bits per heavy atom. The summed E-state index contributed by atoms with van der Waals surface area (Å²) in [5, 5.41) is 9.52. The average Bonchev–Trinajstić information content (AvgIpc) is 2.11. The van der Waals surface area contributed by atoms with E-state index in [2.05, 4.69) is 0 Å². The Morgan fingerprint density at radius 1 is 1.44 bits per heavy atom. The van der Waals surface area contributed by atoms with Crippen LogP contribution in [0.15, 0.2) is 18.2 Å². The minimum atomic E-state index is -0.794. The van der Waals surface area contributed by atoms with Gasteiger partial charge in [0.1, 0.15) is 5.82 Å². The number of amides is 1. The molecule has 1 aliphatic heterocycles. The van der Waals surface area contributed by atoms with E-state index < -0.39 is 11.4 Å². The Bertz CT molecular complexity index is 414. The first kappa shape index (κ1) is 11.1. The highest BCUT2D eigenvalue weighted by Gasteiger charge is 2.39. The lowest BCUT2D eigenvalue weighted by atomic mass is 9.95. The zero-order valence-corrected chi connectivity index (χ0v) is 9.33. The van der Waals surface area contributed by atoms with Gasteiger partial charge in [-0.2, -0.15) is 0 Å². The Balaban J connectivity index is 2.16. The Morgan fingerprint density at radius 2 is 2.06 bits per heavy atom. The van der Waals surface area contributed by atoms with Crippen LogP contribution >= 0.6 is 0 Å². The first-order valence-corrected chi connectivity index (χ1v) is 5.16. The molecule has 2 rings (SSSR count). The van der Waals surface area contributed by atoms with Gasteiger partial charge in [-0.25, -0.2) is 4.39 Å². The minimum Gasteiger partial charge on any atom is -0.386 e. The summed E-state index contributed by atoms with van der Waals surface area (Å²) in [5.41, 5.74) is 0.265. The van der Waals surface area contributed by atoms with Gasteiger partial charge in [-0.3, -0.25) is 4.79 Å². The number of carbonyl (C=O) groups excluding carboxylic acids is 1. The number of aryl methyl sites for hydroxylation is 1. The molecule has 0 saturated carbocycles. The van der Waals surface area contributed by atoms with Crippen molar-refractivity contribution in [3.8, 4) is 0 Å². The number of carbonyl (C=O) groups is 1. The number of halogens is 1. The van der Waals surface area contributed by atoms with E-state index >= 15 is 0 Å². The van der Waals surface area contributed by atoms with Crippen molar-refractivity contribution in [3.63, 3.8) is 0 Å². The maximum atomic E-state index is 13.1. The van der Waals surface area contributed by atoms with Crippen molar-refractivity contribution in [2.24, 2.45) is 0 Å². The monoisotopic (exact) mass is 223 g/mol. The molecule has 0 bridgehead atoms. The molecule has 86 valence electrons. The lowest BCUT2D eigenvalue weighted by Crippen LogP contribution is -2.61. The molecule has 0 aromatic heterocycles. The van der Waals surface area contributed by atoms with Crippen molar-refractivity contribution in [1.82, 2.24) is 4.90 Å². The molecule has 1 N–H and O–H groups in total. The Hall–Kier alpha value is -1.42. The summed E-state index contributed by atoms with van der Waals surface area (Å²) < 4.78 is 13.1. The van der Waals surface area contributed by atoms with E-state index in [0.29, 0.717) is 18.7 Å². The number of aliphatic hydroxyl groups is 1. The van der Waals surface area contributed by atoms with E-state index in [4.69, 9.17) is 0 Å². The summed E-state index contributed by atoms with van der Waals surface area (Å²) in [4.78, 5) is 13.4. The van der Waals surface area contributed by atoms with Crippen molar-refractivity contribution in [2.45, 2.75) is 19.4 Å². The highest BCUT2D eigenvalue weighted by Crippen LogP contribution is 2.22. The fourth-order valence-electron chi connectivity index (χ4n) is 1.96. The Labute approximate surface area is 93.5 Å². The summed E-state index contributed by atoms with van der Waals surface area (Å²) in [6, 6.07) is 4.25. The molecular weight excluding hydrogens is 209 g/mol. The zero-order chi connectivity index (χ0) is 11.9. The van der Waals surface area contributed by atoms with E-state index in [9.17, 15) is 14.3 Å². The molecule has 0 atom stereocenters. The van der Waals surface area contributed by atoms with Crippen molar-refractivity contribution >= 4 is 5.91 Å². The minimum absolute atomic E-state index is 0.228. The molecule has 1 saturated heterocycles. The molecular formula is C12H14FNO2. The fourth-order valence-corrected chi connectivity index (χ4v) is 1.96. The molecule has 3 nitrogen and oxygen atoms in total. The van der Waals surface area contributed by atoms with Gasteiger partial charge in [-0.1, -0.05) is 0 Å². The summed E-state index contributed by atoms with van der Waals surface area (Å²) in [5.74, 6) is -0.634. The molecule has 1 amide bonds. The second-order valence-electron chi connectivity index (χ2n) is 4.68. The van der Waals surface area contributed by atoms with Crippen LogP contribution in [-0.2, 0) is 0 Å². The van der Waals surface area contributed by atoms with Crippen LogP contribution in [0.3, 0.4) is 0 Å². The number of benzene rings is 1. The van der Waals surface area contributed by atoms with E-state index in [1.807, 2.05) is 0 Å². The number of nitrogens with zero attached hydrogens (tertiary/aromatic N) is 1. The first-order valence-electron chi connectivity index (χ1n) is 5.16. The molecule has 4 heteroatoms. The molecule has 0 unspecified atom stereocenters. The highest BCUT2D eigenvalue weighted by atomic mass is 19.1. The second kappa shape index (κ2) is 3.56. The molecule has 1 heterocycles. The van der Waals surface area contributed by atoms with Crippen molar-refractivity contribution in [2.75, 3.05) is 13.1 Å². The maximum absolute atomic E-state index is 13.1. The summed E-state index contributed by atoms with van der Waals surface area (Å²) in [6.07, 6.45) is 0. The van der Waals surface area contributed by atoms with E-state index in [0.717, 1.165) is 5.56 Å². The molecule has 0 aliphatic carbocycles. The van der Waals surface area contributed by atoms with Gasteiger partial charge >= 0.3 is 0 Å². The van der Waals surface area contributed by atoms with Gasteiger partial charge in [0, 0.05) is 5.56 Å². The van der Waals surface area contributed by atoms with Crippen molar-refractivity contribution in [3.05, 3.63) is 35.1 Å². The van der Waals surface area contributed by atoms with Crippen LogP contribution in [0.4, 0.5) is 4.39 Å². The second-order valence-corrected chi connectivity index (χ2v) is 4.68. The zero-order valence-electron chi connectivity index (χ0n) is 9.33. The number of β-amino-alcohol motifs (C(OH)–C–C–N with tert-alkyl or cyclic N) is 1. The lowest BCUT2D eigenvalue weighted by Gasteiger charge is -2.44. The third kappa shape index (κ3) is 2.07. The summed E-state index contributed by atoms with van der Waals surface area (Å²) >= 11 is 0. The van der Waals surface area contributed by atoms with E-state index in [1.54, 1.807) is 19.9 Å². The Kier molecular flexibility index (Phi) is 2.46. The smallest absolute Gasteiger partial charge is 0.254 e. The van der Waals surface area contributed by atoms with Crippen LogP contribution in [0.2, 0.25) is 0 Å². The van der Waals surface area contributed by atoms with Crippen LogP contribution in [0.1, 0.15) is 22.8 Å². The lowest BCUT2D eigenvalue weighted by molar-refractivity contribution is -0.0668. The third-order valence-corrected chi connectivity index (χ3v) is 2.64. The average molecular weight is 223 g/mol. The van der Waals surface area contributed by atoms with Crippen LogP contribution in [-0.4, -0.2) is 34.6 Å². The van der Waals surface area contributed by atoms with Gasteiger partial charge in [-0.15, -0.1) is 0 Å². The number of rotatable bonds is 1. The fraction of sp³-hybridized carbons (Fsp3) is 0.417. The van der Waals surface area contributed by atoms with E-state index in [-0.39, 0.29) is 5.91 Å². The van der Waals surface area contributed by atoms with Crippen LogP contribution < -0.4 is 0 Å². The molecule has 1 aromatic carbocycles. The van der Waals surface area contributed by atoms with Crippen LogP contribution in [0.25, 0.3) is 0 Å². The van der Waals surface area contributed by atoms with Crippen LogP contribution in [0, 0.1) is 12.7 Å². The van der Waals surface area contributed by atoms with Crippen molar-refractivity contribution < 1.29 is 14.3 Å². The normalized spacial score (nSPS) is 18.1. The molecule has 0 radical (unpaired) electrons. The maximum Gasteiger partial charge on any atom is 0.254 e. The van der Waals surface area contributed by atoms with Crippen LogP contribution in [0.5, 0.6) is 0 Å². The topological polar surface area (TPSA) is 40.5 Å². The van der Waals surface area contributed by atoms with E-state index in [1.165, 1.54) is 17.0 Å². The van der Waals surface area contributed by atoms with Gasteiger partial charge in [0.2, 0.25) is 0 Å². The molecule has 1 aliphatic rings. The standard InChI is InChI=1S/C12H14FNO2/c1-8-3-9(5-10(13)4-8)11(15)14-6-12(2,16)7-14/h3-5,16H,6-7H2,1-2H3.